The second-order valence-electron chi connectivity index (χ2n) is 18.7. The van der Waals surface area contributed by atoms with Crippen LogP contribution in [0, 0.1) is 0 Å². The summed E-state index contributed by atoms with van der Waals surface area (Å²) in [5.74, 6) is 0. The molecule has 0 saturated carbocycles. The molecule has 1 unspecified atom stereocenters. The molecule has 15 rings (SSSR count). The number of rotatable bonds is 5. The molecule has 1 aliphatic carbocycles. The molecule has 0 saturated heterocycles. The molecular formula is C67H42N2. The first-order chi connectivity index (χ1) is 34.3. The summed E-state index contributed by atoms with van der Waals surface area (Å²) in [4.78, 5) is 2.53. The predicted octanol–water partition coefficient (Wildman–Crippen LogP) is 17.7. The van der Waals surface area contributed by atoms with E-state index < -0.39 is 5.41 Å². The van der Waals surface area contributed by atoms with E-state index in [1.54, 1.807) is 0 Å². The van der Waals surface area contributed by atoms with Crippen LogP contribution in [0.25, 0.3) is 93.2 Å². The minimum atomic E-state index is -0.587. The van der Waals surface area contributed by atoms with Crippen LogP contribution in [0.2, 0.25) is 0 Å². The highest BCUT2D eigenvalue weighted by molar-refractivity contribution is 6.26. The second-order valence-corrected chi connectivity index (χ2v) is 18.7. The van der Waals surface area contributed by atoms with Gasteiger partial charge in [0.2, 0.25) is 0 Å². The smallest absolute Gasteiger partial charge is 0.0755 e. The minimum Gasteiger partial charge on any atom is -0.310 e. The first-order valence-electron chi connectivity index (χ1n) is 24.0. The van der Waals surface area contributed by atoms with Crippen LogP contribution in [0.3, 0.4) is 0 Å². The number of fused-ring (bicyclic) bond motifs is 18. The Morgan fingerprint density at radius 2 is 0.826 bits per heavy atom. The number of aromatic nitrogens is 1. The van der Waals surface area contributed by atoms with Crippen molar-refractivity contribution in [3.63, 3.8) is 0 Å². The normalized spacial score (nSPS) is 14.4. The lowest BCUT2D eigenvalue weighted by atomic mass is 9.65. The third-order valence-corrected chi connectivity index (χ3v) is 15.3. The van der Waals surface area contributed by atoms with Gasteiger partial charge in [0.1, 0.15) is 0 Å². The van der Waals surface area contributed by atoms with E-state index in [9.17, 15) is 0 Å². The summed E-state index contributed by atoms with van der Waals surface area (Å²) in [5, 5.41) is 10.1. The van der Waals surface area contributed by atoms with Crippen molar-refractivity contribution in [3.8, 4) is 39.1 Å². The zero-order valence-electron chi connectivity index (χ0n) is 37.6. The van der Waals surface area contributed by atoms with Crippen LogP contribution in [-0.2, 0) is 5.41 Å². The molecule has 0 bridgehead atoms. The van der Waals surface area contributed by atoms with Gasteiger partial charge in [-0.2, -0.15) is 0 Å². The fraction of sp³-hybridized carbons (Fsp3) is 0.0149. The van der Waals surface area contributed by atoms with Crippen molar-refractivity contribution in [1.29, 1.82) is 0 Å². The van der Waals surface area contributed by atoms with Gasteiger partial charge in [-0.3, -0.25) is 0 Å². The van der Waals surface area contributed by atoms with Crippen molar-refractivity contribution in [2.75, 3.05) is 4.90 Å². The fourth-order valence-corrected chi connectivity index (χ4v) is 12.6. The van der Waals surface area contributed by atoms with E-state index in [0.717, 1.165) is 22.6 Å². The van der Waals surface area contributed by atoms with Gasteiger partial charge in [0.25, 0.3) is 0 Å². The molecule has 1 atom stereocenters. The van der Waals surface area contributed by atoms with Crippen LogP contribution in [0.1, 0.15) is 22.3 Å². The maximum atomic E-state index is 2.53. The van der Waals surface area contributed by atoms with Crippen molar-refractivity contribution in [2.45, 2.75) is 5.41 Å². The van der Waals surface area contributed by atoms with Gasteiger partial charge >= 0.3 is 0 Å². The van der Waals surface area contributed by atoms with Crippen molar-refractivity contribution >= 4 is 71.2 Å². The Morgan fingerprint density at radius 3 is 1.64 bits per heavy atom. The van der Waals surface area contributed by atoms with E-state index in [1.807, 2.05) is 0 Å². The number of nitrogens with zero attached hydrogens (tertiary/aromatic N) is 2. The van der Waals surface area contributed by atoms with Crippen LogP contribution in [0.4, 0.5) is 17.1 Å². The second kappa shape index (κ2) is 14.5. The molecule has 1 aliphatic heterocycles. The van der Waals surface area contributed by atoms with E-state index >= 15 is 0 Å². The molecule has 0 N–H and O–H groups in total. The van der Waals surface area contributed by atoms with Crippen molar-refractivity contribution in [3.05, 3.63) is 277 Å². The highest BCUT2D eigenvalue weighted by atomic mass is 15.1. The standard InChI is InChI=1S/C67H42N2/c1-2-18-43(19-3-1)44-20-16-21-45(40-44)48-22-9-13-33-63(48)68(46-36-38-53-51-25-5-4-23-49(51)50-24-6-7-26-52(50)58(53)41-46)47-37-39-55-54-27-8-11-30-59(54)67(62(55)42-47)60-31-12-15-35-65(60)69-64-34-14-10-28-56(64)57-29-17-32-61(67)66(57)69/h1-42H. The molecule has 2 nitrogen and oxygen atoms in total. The summed E-state index contributed by atoms with van der Waals surface area (Å²) in [6.07, 6.45) is 0. The van der Waals surface area contributed by atoms with Crippen molar-refractivity contribution in [1.82, 2.24) is 4.57 Å². The van der Waals surface area contributed by atoms with Crippen LogP contribution >= 0.6 is 0 Å². The zero-order chi connectivity index (χ0) is 45.2. The summed E-state index contributed by atoms with van der Waals surface area (Å²) in [6, 6.07) is 95.1. The molecule has 69 heavy (non-hydrogen) atoms. The Kier molecular flexibility index (Phi) is 8.02. The molecule has 2 aliphatic rings. The van der Waals surface area contributed by atoms with Gasteiger partial charge in [-0.15, -0.1) is 0 Å². The lowest BCUT2D eigenvalue weighted by Gasteiger charge is -2.40. The number of hydrogen-bond acceptors (Lipinski definition) is 1. The molecule has 0 radical (unpaired) electrons. The summed E-state index contributed by atoms with van der Waals surface area (Å²) < 4.78 is 2.53. The van der Waals surface area contributed by atoms with Crippen LogP contribution in [-0.4, -0.2) is 4.57 Å². The molecule has 13 aromatic rings. The maximum Gasteiger partial charge on any atom is 0.0755 e. The van der Waals surface area contributed by atoms with Crippen LogP contribution < -0.4 is 4.90 Å². The highest BCUT2D eigenvalue weighted by Crippen LogP contribution is 2.62. The van der Waals surface area contributed by atoms with Crippen LogP contribution in [0.5, 0.6) is 0 Å². The van der Waals surface area contributed by atoms with Gasteiger partial charge in [-0.05, 0) is 131 Å². The van der Waals surface area contributed by atoms with E-state index in [-0.39, 0.29) is 0 Å². The number of benzene rings is 12. The number of anilines is 3. The van der Waals surface area contributed by atoms with Crippen molar-refractivity contribution in [2.24, 2.45) is 0 Å². The van der Waals surface area contributed by atoms with E-state index in [0.29, 0.717) is 0 Å². The fourth-order valence-electron chi connectivity index (χ4n) is 12.6. The molecular weight excluding hydrogens is 833 g/mol. The van der Waals surface area contributed by atoms with Crippen molar-refractivity contribution < 1.29 is 0 Å². The largest absolute Gasteiger partial charge is 0.310 e. The Hall–Kier alpha value is -8.98. The molecule has 1 spiro atoms. The first kappa shape index (κ1) is 38.2. The topological polar surface area (TPSA) is 8.17 Å². The van der Waals surface area contributed by atoms with Gasteiger partial charge in [0, 0.05) is 27.7 Å². The molecule has 0 amide bonds. The van der Waals surface area contributed by atoms with Gasteiger partial charge < -0.3 is 9.47 Å². The predicted molar refractivity (Wildman–Crippen MR) is 290 cm³/mol. The number of hydrogen-bond donors (Lipinski definition) is 0. The monoisotopic (exact) mass is 874 g/mol. The molecule has 2 heterocycles. The lowest BCUT2D eigenvalue weighted by molar-refractivity contribution is 0.748. The van der Waals surface area contributed by atoms with Gasteiger partial charge in [-0.25, -0.2) is 0 Å². The zero-order valence-corrected chi connectivity index (χ0v) is 37.6. The minimum absolute atomic E-state index is 0.587. The molecule has 1 aromatic heterocycles. The quantitative estimate of drug-likeness (QED) is 0.156. The average Bonchev–Trinajstić information content (AvgIpc) is 3.92. The van der Waals surface area contributed by atoms with Crippen LogP contribution in [0.15, 0.2) is 255 Å². The van der Waals surface area contributed by atoms with Gasteiger partial charge in [-0.1, -0.05) is 206 Å². The summed E-state index contributed by atoms with van der Waals surface area (Å²) in [6.45, 7) is 0. The summed E-state index contributed by atoms with van der Waals surface area (Å²) in [5.41, 5.74) is 19.0. The third kappa shape index (κ3) is 5.26. The van der Waals surface area contributed by atoms with E-state index in [2.05, 4.69) is 264 Å². The highest BCUT2D eigenvalue weighted by Gasteiger charge is 2.51. The molecule has 320 valence electrons. The SMILES string of the molecule is c1ccc(-c2cccc(-c3ccccc3N(c3ccc4c(c3)C3(c5ccccc5-4)c4ccccc4-n4c5ccccc5c5cccc3c54)c3ccc4c5ccccc5c5ccccc5c4c3)c2)cc1. The van der Waals surface area contributed by atoms with E-state index in [1.165, 1.54) is 110 Å². The summed E-state index contributed by atoms with van der Waals surface area (Å²) in [7, 11) is 0. The van der Waals surface area contributed by atoms with E-state index in [4.69, 9.17) is 0 Å². The van der Waals surface area contributed by atoms with Gasteiger partial charge in [0.05, 0.1) is 27.8 Å². The maximum absolute atomic E-state index is 2.53. The Balaban J connectivity index is 1.04. The Morgan fingerprint density at radius 1 is 0.290 bits per heavy atom. The molecule has 2 heteroatoms. The third-order valence-electron chi connectivity index (χ3n) is 15.3. The number of para-hydroxylation sites is 4. The lowest BCUT2D eigenvalue weighted by Crippen LogP contribution is -2.33. The Labute approximate surface area is 400 Å². The molecule has 0 fully saturated rings. The van der Waals surface area contributed by atoms with Gasteiger partial charge in [0.15, 0.2) is 0 Å². The average molecular weight is 875 g/mol. The summed E-state index contributed by atoms with van der Waals surface area (Å²) >= 11 is 0. The Bertz CT molecular complexity index is 4240. The first-order valence-corrected chi connectivity index (χ1v) is 24.0. The molecule has 12 aromatic carbocycles.